The number of anilines is 1. The van der Waals surface area contributed by atoms with Crippen LogP contribution in [0.3, 0.4) is 0 Å². The van der Waals surface area contributed by atoms with E-state index in [1.54, 1.807) is 55.7 Å². The molecule has 0 aliphatic rings. The lowest BCUT2D eigenvalue weighted by molar-refractivity contribution is -0.111. The van der Waals surface area contributed by atoms with E-state index in [4.69, 9.17) is 9.47 Å². The van der Waals surface area contributed by atoms with Crippen LogP contribution in [0.2, 0.25) is 0 Å². The fraction of sp³-hybridized carbons (Fsp3) is 0.158. The van der Waals surface area contributed by atoms with Crippen molar-refractivity contribution in [3.05, 3.63) is 59.7 Å². The average molecular weight is 341 g/mol. The third kappa shape index (κ3) is 4.84. The zero-order chi connectivity index (χ0) is 18.2. The molecular weight excluding hydrogens is 322 g/mol. The molecule has 0 spiro atoms. The number of carbonyl (C=O) groups excluding carboxylic acids is 2. The van der Waals surface area contributed by atoms with Gasteiger partial charge in [0.05, 0.1) is 26.9 Å². The predicted octanol–water partition coefficient (Wildman–Crippen LogP) is 3.14. The largest absolute Gasteiger partial charge is 0.493 e. The summed E-state index contributed by atoms with van der Waals surface area (Å²) in [7, 11) is 4.40. The van der Waals surface area contributed by atoms with E-state index >= 15 is 0 Å². The van der Waals surface area contributed by atoms with Crippen LogP contribution < -0.4 is 14.8 Å². The number of nitrogens with one attached hydrogen (secondary N) is 1. The molecule has 6 nitrogen and oxygen atoms in total. The minimum atomic E-state index is -0.401. The van der Waals surface area contributed by atoms with Crippen molar-refractivity contribution in [1.29, 1.82) is 0 Å². The van der Waals surface area contributed by atoms with E-state index < -0.39 is 5.97 Å². The van der Waals surface area contributed by atoms with Gasteiger partial charge < -0.3 is 19.5 Å². The van der Waals surface area contributed by atoms with Gasteiger partial charge >= 0.3 is 5.97 Å². The van der Waals surface area contributed by atoms with Gasteiger partial charge in [-0.1, -0.05) is 12.1 Å². The molecule has 0 unspecified atom stereocenters. The van der Waals surface area contributed by atoms with Crippen LogP contribution in [-0.4, -0.2) is 33.2 Å². The summed E-state index contributed by atoms with van der Waals surface area (Å²) in [5, 5.41) is 2.74. The van der Waals surface area contributed by atoms with Crippen LogP contribution in [0.5, 0.6) is 11.5 Å². The summed E-state index contributed by atoms with van der Waals surface area (Å²) in [4.78, 5) is 23.4. The minimum absolute atomic E-state index is 0.288. The number of amides is 1. The number of methoxy groups -OCH3 is 3. The molecule has 0 radical (unpaired) electrons. The molecule has 1 N–H and O–H groups in total. The molecule has 0 heterocycles. The van der Waals surface area contributed by atoms with Crippen LogP contribution in [0.15, 0.2) is 48.5 Å². The Morgan fingerprint density at radius 3 is 2.20 bits per heavy atom. The number of hydrogen-bond acceptors (Lipinski definition) is 5. The van der Waals surface area contributed by atoms with Gasteiger partial charge in [0.1, 0.15) is 0 Å². The van der Waals surface area contributed by atoms with E-state index in [-0.39, 0.29) is 5.91 Å². The van der Waals surface area contributed by atoms with E-state index in [1.807, 2.05) is 0 Å². The summed E-state index contributed by atoms with van der Waals surface area (Å²) >= 11 is 0. The first-order chi connectivity index (χ1) is 12.1. The number of rotatable bonds is 6. The second kappa shape index (κ2) is 8.54. The van der Waals surface area contributed by atoms with Gasteiger partial charge in [0.2, 0.25) is 5.91 Å². The Morgan fingerprint density at radius 2 is 1.60 bits per heavy atom. The van der Waals surface area contributed by atoms with Crippen LogP contribution in [0.25, 0.3) is 6.08 Å². The third-order valence-electron chi connectivity index (χ3n) is 3.41. The molecule has 2 rings (SSSR count). The summed E-state index contributed by atoms with van der Waals surface area (Å²) in [6.45, 7) is 0. The Bertz CT molecular complexity index is 781. The maximum atomic E-state index is 12.0. The maximum Gasteiger partial charge on any atom is 0.337 e. The monoisotopic (exact) mass is 341 g/mol. The topological polar surface area (TPSA) is 73.9 Å². The number of hydrogen-bond donors (Lipinski definition) is 1. The first kappa shape index (κ1) is 18.1. The highest BCUT2D eigenvalue weighted by Crippen LogP contribution is 2.29. The molecule has 0 bridgehead atoms. The van der Waals surface area contributed by atoms with Gasteiger partial charge in [0, 0.05) is 17.8 Å². The van der Waals surface area contributed by atoms with E-state index in [0.717, 1.165) is 5.56 Å². The molecule has 0 atom stereocenters. The summed E-state index contributed by atoms with van der Waals surface area (Å²) in [6.07, 6.45) is 3.06. The molecule has 0 aliphatic carbocycles. The second-order valence-electron chi connectivity index (χ2n) is 5.01. The highest BCUT2D eigenvalue weighted by molar-refractivity contribution is 6.02. The van der Waals surface area contributed by atoms with Crippen LogP contribution in [0, 0.1) is 0 Å². The second-order valence-corrected chi connectivity index (χ2v) is 5.01. The van der Waals surface area contributed by atoms with Gasteiger partial charge in [-0.2, -0.15) is 0 Å². The molecule has 130 valence electrons. The van der Waals surface area contributed by atoms with Gasteiger partial charge in [-0.25, -0.2) is 4.79 Å². The van der Waals surface area contributed by atoms with E-state index in [9.17, 15) is 9.59 Å². The molecule has 0 fully saturated rings. The quantitative estimate of drug-likeness (QED) is 0.645. The molecule has 25 heavy (non-hydrogen) atoms. The van der Waals surface area contributed by atoms with Gasteiger partial charge in [0.15, 0.2) is 11.5 Å². The van der Waals surface area contributed by atoms with Crippen molar-refractivity contribution < 1.29 is 23.8 Å². The van der Waals surface area contributed by atoms with E-state index in [1.165, 1.54) is 20.3 Å². The first-order valence-corrected chi connectivity index (χ1v) is 7.47. The van der Waals surface area contributed by atoms with Gasteiger partial charge in [-0.15, -0.1) is 0 Å². The van der Waals surface area contributed by atoms with Crippen LogP contribution in [0.4, 0.5) is 5.69 Å². The molecule has 2 aromatic carbocycles. The number of ether oxygens (including phenoxy) is 3. The number of esters is 1. The highest BCUT2D eigenvalue weighted by Gasteiger charge is 2.06. The SMILES string of the molecule is COC(=O)c1ccc(C=CC(=O)Nc2ccc(OC)c(OC)c2)cc1. The van der Waals surface area contributed by atoms with Crippen molar-refractivity contribution >= 4 is 23.6 Å². The lowest BCUT2D eigenvalue weighted by Gasteiger charge is -2.09. The first-order valence-electron chi connectivity index (χ1n) is 7.47. The number of carbonyl (C=O) groups is 2. The van der Waals surface area contributed by atoms with Crippen LogP contribution >= 0.6 is 0 Å². The van der Waals surface area contributed by atoms with Crippen molar-refractivity contribution in [2.75, 3.05) is 26.6 Å². The summed E-state index contributed by atoms with van der Waals surface area (Å²) < 4.78 is 15.0. The summed E-state index contributed by atoms with van der Waals surface area (Å²) in [5.74, 6) is 0.426. The Balaban J connectivity index is 2.02. The van der Waals surface area contributed by atoms with Crippen molar-refractivity contribution in [3.8, 4) is 11.5 Å². The predicted molar refractivity (Wildman–Crippen MR) is 95.0 cm³/mol. The lowest BCUT2D eigenvalue weighted by atomic mass is 10.1. The molecule has 0 saturated heterocycles. The van der Waals surface area contributed by atoms with E-state index in [2.05, 4.69) is 10.1 Å². The Hall–Kier alpha value is -3.28. The fourth-order valence-electron chi connectivity index (χ4n) is 2.12. The molecule has 0 aromatic heterocycles. The lowest BCUT2D eigenvalue weighted by Crippen LogP contribution is -2.08. The summed E-state index contributed by atoms with van der Waals surface area (Å²) in [6, 6.07) is 11.8. The van der Waals surface area contributed by atoms with Gasteiger partial charge in [-0.3, -0.25) is 4.79 Å². The standard InChI is InChI=1S/C19H19NO5/c1-23-16-10-9-15(12-17(16)24-2)20-18(21)11-6-13-4-7-14(8-5-13)19(22)25-3/h4-12H,1-3H3,(H,20,21). The Morgan fingerprint density at radius 1 is 0.920 bits per heavy atom. The Kier molecular flexibility index (Phi) is 6.17. The molecule has 1 amide bonds. The van der Waals surface area contributed by atoms with Crippen molar-refractivity contribution in [1.82, 2.24) is 0 Å². The molecular formula is C19H19NO5. The summed E-state index contributed by atoms with van der Waals surface area (Å²) in [5.41, 5.74) is 1.83. The van der Waals surface area contributed by atoms with Crippen molar-refractivity contribution in [2.24, 2.45) is 0 Å². The van der Waals surface area contributed by atoms with Crippen molar-refractivity contribution in [2.45, 2.75) is 0 Å². The normalized spacial score (nSPS) is 10.4. The van der Waals surface area contributed by atoms with Crippen molar-refractivity contribution in [3.63, 3.8) is 0 Å². The van der Waals surface area contributed by atoms with Crippen LogP contribution in [0.1, 0.15) is 15.9 Å². The highest BCUT2D eigenvalue weighted by atomic mass is 16.5. The van der Waals surface area contributed by atoms with Gasteiger partial charge in [0.25, 0.3) is 0 Å². The number of benzene rings is 2. The average Bonchev–Trinajstić information content (AvgIpc) is 2.66. The zero-order valence-corrected chi connectivity index (χ0v) is 14.2. The maximum absolute atomic E-state index is 12.0. The van der Waals surface area contributed by atoms with Gasteiger partial charge in [-0.05, 0) is 35.9 Å². The molecule has 0 aliphatic heterocycles. The molecule has 6 heteroatoms. The van der Waals surface area contributed by atoms with Crippen LogP contribution in [-0.2, 0) is 9.53 Å². The fourth-order valence-corrected chi connectivity index (χ4v) is 2.12. The molecule has 2 aromatic rings. The zero-order valence-electron chi connectivity index (χ0n) is 14.2. The molecule has 0 saturated carbocycles. The smallest absolute Gasteiger partial charge is 0.337 e. The minimum Gasteiger partial charge on any atom is -0.493 e. The Labute approximate surface area is 146 Å². The third-order valence-corrected chi connectivity index (χ3v) is 3.41. The van der Waals surface area contributed by atoms with E-state index in [0.29, 0.717) is 22.7 Å².